The smallest absolute Gasteiger partial charge is 0.112 e. The van der Waals surface area contributed by atoms with E-state index in [1.807, 2.05) is 38.3 Å². The Morgan fingerprint density at radius 2 is 2.29 bits per heavy atom. The van der Waals surface area contributed by atoms with Gasteiger partial charge in [0.1, 0.15) is 6.17 Å². The molecule has 0 heterocycles. The second-order valence-electron chi connectivity index (χ2n) is 2.69. The van der Waals surface area contributed by atoms with E-state index < -0.39 is 0 Å². The predicted molar refractivity (Wildman–Crippen MR) is 63.5 cm³/mol. The third-order valence-electron chi connectivity index (χ3n) is 1.60. The van der Waals surface area contributed by atoms with Crippen molar-refractivity contribution in [3.8, 4) is 0 Å². The first-order valence-electron chi connectivity index (χ1n) is 4.65. The van der Waals surface area contributed by atoms with Gasteiger partial charge in [0.05, 0.1) is 5.71 Å². The highest BCUT2D eigenvalue weighted by molar-refractivity contribution is 6.04. The van der Waals surface area contributed by atoms with Gasteiger partial charge in [-0.1, -0.05) is 24.8 Å². The van der Waals surface area contributed by atoms with Gasteiger partial charge in [-0.25, -0.2) is 0 Å². The second kappa shape index (κ2) is 8.41. The lowest BCUT2D eigenvalue weighted by Gasteiger charge is -2.08. The summed E-state index contributed by atoms with van der Waals surface area (Å²) in [5.41, 5.74) is 6.40. The molecule has 78 valence electrons. The van der Waals surface area contributed by atoms with Gasteiger partial charge in [-0.05, 0) is 26.1 Å². The van der Waals surface area contributed by atoms with Crippen molar-refractivity contribution in [3.63, 3.8) is 0 Å². The molecule has 0 amide bonds. The highest BCUT2D eigenvalue weighted by atomic mass is 15.1. The summed E-state index contributed by atoms with van der Waals surface area (Å²) in [5.74, 6) is 0. The van der Waals surface area contributed by atoms with Crippen LogP contribution in [-0.2, 0) is 0 Å². The zero-order valence-corrected chi connectivity index (χ0v) is 8.90. The maximum atomic E-state index is 5.52. The molecule has 0 spiro atoms. The van der Waals surface area contributed by atoms with Gasteiger partial charge in [-0.15, -0.1) is 0 Å². The molecule has 0 bridgehead atoms. The number of rotatable bonds is 6. The second-order valence-corrected chi connectivity index (χ2v) is 2.69. The van der Waals surface area contributed by atoms with Crippen LogP contribution >= 0.6 is 0 Å². The summed E-state index contributed by atoms with van der Waals surface area (Å²) >= 11 is 0. The van der Waals surface area contributed by atoms with Crippen molar-refractivity contribution in [1.29, 1.82) is 0 Å². The fourth-order valence-corrected chi connectivity index (χ4v) is 0.894. The van der Waals surface area contributed by atoms with Crippen LogP contribution in [0.1, 0.15) is 6.92 Å². The van der Waals surface area contributed by atoms with Gasteiger partial charge in [-0.2, -0.15) is 0 Å². The number of aliphatic imine (C=N–C) groups is 1. The summed E-state index contributed by atoms with van der Waals surface area (Å²) < 4.78 is 0. The fourth-order valence-electron chi connectivity index (χ4n) is 0.894. The van der Waals surface area contributed by atoms with Crippen molar-refractivity contribution in [2.75, 3.05) is 13.6 Å². The molecule has 0 aromatic carbocycles. The van der Waals surface area contributed by atoms with Crippen molar-refractivity contribution in [3.05, 3.63) is 37.0 Å². The minimum atomic E-state index is -0.0318. The fraction of sp³-hybridized carbons (Fsp3) is 0.364. The Kier molecular flexibility index (Phi) is 7.70. The lowest BCUT2D eigenvalue weighted by molar-refractivity contribution is 0.599. The van der Waals surface area contributed by atoms with E-state index in [2.05, 4.69) is 16.9 Å². The molecular weight excluding hydrogens is 174 g/mol. The summed E-state index contributed by atoms with van der Waals surface area (Å²) in [7, 11) is 1.84. The van der Waals surface area contributed by atoms with Gasteiger partial charge in [0.25, 0.3) is 0 Å². The van der Waals surface area contributed by atoms with Gasteiger partial charge in [0.2, 0.25) is 0 Å². The third-order valence-corrected chi connectivity index (χ3v) is 1.60. The van der Waals surface area contributed by atoms with E-state index in [9.17, 15) is 0 Å². The average Bonchev–Trinajstić information content (AvgIpc) is 2.22. The molecule has 1 atom stereocenters. The van der Waals surface area contributed by atoms with Gasteiger partial charge in [-0.3, -0.25) is 10.3 Å². The normalized spacial score (nSPS) is 15.2. The highest BCUT2D eigenvalue weighted by Crippen LogP contribution is 1.91. The SMILES string of the molecule is C=C/C=C\C(/C=C\C)=NC(CN)NC. The summed E-state index contributed by atoms with van der Waals surface area (Å²) in [4.78, 5) is 4.40. The monoisotopic (exact) mass is 193 g/mol. The van der Waals surface area contributed by atoms with Crippen LogP contribution < -0.4 is 11.1 Å². The molecule has 0 rings (SSSR count). The Labute approximate surface area is 86.1 Å². The Morgan fingerprint density at radius 1 is 1.57 bits per heavy atom. The van der Waals surface area contributed by atoms with Crippen LogP contribution in [0.3, 0.4) is 0 Å². The van der Waals surface area contributed by atoms with E-state index in [4.69, 9.17) is 5.73 Å². The summed E-state index contributed by atoms with van der Waals surface area (Å²) in [5, 5.41) is 3.01. The molecule has 0 saturated carbocycles. The Balaban J connectivity index is 4.60. The van der Waals surface area contributed by atoms with Gasteiger partial charge < -0.3 is 5.73 Å². The maximum absolute atomic E-state index is 5.52. The van der Waals surface area contributed by atoms with Crippen LogP contribution in [0.5, 0.6) is 0 Å². The number of allylic oxidation sites excluding steroid dienone is 5. The molecule has 0 aromatic rings. The Hall–Kier alpha value is -1.19. The number of hydrogen-bond donors (Lipinski definition) is 2. The zero-order valence-electron chi connectivity index (χ0n) is 8.90. The Bertz CT molecular complexity index is 235. The number of nitrogens with two attached hydrogens (primary N) is 1. The largest absolute Gasteiger partial charge is 0.327 e. The van der Waals surface area contributed by atoms with Gasteiger partial charge >= 0.3 is 0 Å². The number of nitrogens with one attached hydrogen (secondary N) is 1. The van der Waals surface area contributed by atoms with Crippen molar-refractivity contribution in [1.82, 2.24) is 5.32 Å². The number of hydrogen-bond acceptors (Lipinski definition) is 3. The average molecular weight is 193 g/mol. The molecule has 3 N–H and O–H groups in total. The molecule has 0 aliphatic carbocycles. The van der Waals surface area contributed by atoms with Gasteiger partial charge in [0.15, 0.2) is 0 Å². The first kappa shape index (κ1) is 12.8. The van der Waals surface area contributed by atoms with Crippen LogP contribution in [0.15, 0.2) is 42.0 Å². The molecule has 3 heteroatoms. The topological polar surface area (TPSA) is 50.4 Å². The third kappa shape index (κ3) is 5.45. The molecule has 0 aliphatic heterocycles. The number of nitrogens with zero attached hydrogens (tertiary/aromatic N) is 1. The van der Waals surface area contributed by atoms with E-state index in [0.717, 1.165) is 5.71 Å². The highest BCUT2D eigenvalue weighted by Gasteiger charge is 1.98. The van der Waals surface area contributed by atoms with Gasteiger partial charge in [0, 0.05) is 6.54 Å². The zero-order chi connectivity index (χ0) is 10.8. The molecule has 0 saturated heterocycles. The molecule has 0 radical (unpaired) electrons. The van der Waals surface area contributed by atoms with E-state index in [-0.39, 0.29) is 6.17 Å². The standard InChI is InChI=1S/C11H19N3/c1-4-6-8-10(7-5-2)14-11(9-12)13-3/h4-8,11,13H,1,9,12H2,2-3H3/b7-5-,8-6-,14-10?. The molecule has 0 fully saturated rings. The van der Waals surface area contributed by atoms with Crippen LogP contribution in [0.25, 0.3) is 0 Å². The maximum Gasteiger partial charge on any atom is 0.112 e. The van der Waals surface area contributed by atoms with Crippen molar-refractivity contribution in [2.24, 2.45) is 10.7 Å². The molecule has 1 unspecified atom stereocenters. The van der Waals surface area contributed by atoms with Crippen LogP contribution in [0.4, 0.5) is 0 Å². The number of likely N-dealkylation sites (N-methyl/N-ethyl adjacent to an activating group) is 1. The lowest BCUT2D eigenvalue weighted by Crippen LogP contribution is -2.32. The van der Waals surface area contributed by atoms with Crippen molar-refractivity contribution >= 4 is 5.71 Å². The quantitative estimate of drug-likeness (QED) is 0.492. The molecule has 0 aliphatic rings. The van der Waals surface area contributed by atoms with Crippen LogP contribution in [0.2, 0.25) is 0 Å². The minimum absolute atomic E-state index is 0.0318. The van der Waals surface area contributed by atoms with E-state index in [1.165, 1.54) is 0 Å². The molecular formula is C11H19N3. The summed E-state index contributed by atoms with van der Waals surface area (Å²) in [6.45, 7) is 6.04. The first-order chi connectivity index (χ1) is 6.78. The minimum Gasteiger partial charge on any atom is -0.327 e. The molecule has 0 aromatic heterocycles. The summed E-state index contributed by atoms with van der Waals surface area (Å²) in [6, 6.07) is 0. The summed E-state index contributed by atoms with van der Waals surface area (Å²) in [6.07, 6.45) is 9.30. The van der Waals surface area contributed by atoms with Crippen molar-refractivity contribution in [2.45, 2.75) is 13.1 Å². The Morgan fingerprint density at radius 3 is 2.71 bits per heavy atom. The molecule has 14 heavy (non-hydrogen) atoms. The van der Waals surface area contributed by atoms with E-state index in [0.29, 0.717) is 6.54 Å². The lowest BCUT2D eigenvalue weighted by atomic mass is 10.3. The predicted octanol–water partition coefficient (Wildman–Crippen LogP) is 1.25. The first-order valence-corrected chi connectivity index (χ1v) is 4.65. The molecule has 3 nitrogen and oxygen atoms in total. The van der Waals surface area contributed by atoms with Crippen molar-refractivity contribution < 1.29 is 0 Å². The van der Waals surface area contributed by atoms with Crippen LogP contribution in [0, 0.1) is 0 Å². The van der Waals surface area contributed by atoms with Crippen LogP contribution in [-0.4, -0.2) is 25.5 Å². The van der Waals surface area contributed by atoms with E-state index >= 15 is 0 Å². The van der Waals surface area contributed by atoms with E-state index in [1.54, 1.807) is 6.08 Å².